The maximum atomic E-state index is 9.80. The van der Waals surface area contributed by atoms with Crippen molar-refractivity contribution in [2.75, 3.05) is 0 Å². The Morgan fingerprint density at radius 2 is 2.00 bits per heavy atom. The first kappa shape index (κ1) is 11.3. The van der Waals surface area contributed by atoms with Crippen LogP contribution in [0.4, 0.5) is 0 Å². The molecule has 0 bridgehead atoms. The number of thiophene rings is 1. The van der Waals surface area contributed by atoms with Crippen molar-refractivity contribution in [1.82, 2.24) is 5.32 Å². The van der Waals surface area contributed by atoms with E-state index in [4.69, 9.17) is 0 Å². The quantitative estimate of drug-likeness (QED) is 0.647. The molecule has 0 unspecified atom stereocenters. The minimum atomic E-state index is -0.0123. The Labute approximate surface area is 115 Å². The monoisotopic (exact) mass is 273 g/mol. The molecule has 2 heterocycles. The van der Waals surface area contributed by atoms with Crippen LogP contribution in [0.1, 0.15) is 33.9 Å². The van der Waals surface area contributed by atoms with Crippen LogP contribution in [-0.4, -0.2) is 16.3 Å². The Kier molecular flexibility index (Phi) is 2.37. The van der Waals surface area contributed by atoms with E-state index in [9.17, 15) is 10.2 Å². The third-order valence-corrected chi connectivity index (χ3v) is 5.27. The molecule has 0 saturated heterocycles. The van der Waals surface area contributed by atoms with E-state index in [1.165, 1.54) is 16.0 Å². The highest BCUT2D eigenvalue weighted by Gasteiger charge is 2.35. The number of aryl methyl sites for hydroxylation is 1. The zero-order valence-electron chi connectivity index (χ0n) is 10.4. The molecule has 0 saturated carbocycles. The van der Waals surface area contributed by atoms with Crippen LogP contribution in [0.25, 0.3) is 0 Å². The number of nitrogens with one attached hydrogen (secondary N) is 1. The van der Waals surface area contributed by atoms with Crippen molar-refractivity contribution in [2.24, 2.45) is 0 Å². The predicted molar refractivity (Wildman–Crippen MR) is 74.9 cm³/mol. The summed E-state index contributed by atoms with van der Waals surface area (Å²) >= 11 is 1.79. The molecule has 2 aromatic rings. The first-order valence-corrected chi connectivity index (χ1v) is 7.46. The normalized spacial score (nSPS) is 24.4. The van der Waals surface area contributed by atoms with E-state index < -0.39 is 0 Å². The van der Waals surface area contributed by atoms with Gasteiger partial charge in [-0.15, -0.1) is 11.3 Å². The summed E-state index contributed by atoms with van der Waals surface area (Å²) in [6, 6.07) is 6.12. The Morgan fingerprint density at radius 1 is 1.16 bits per heavy atom. The van der Waals surface area contributed by atoms with Crippen LogP contribution in [0.15, 0.2) is 23.6 Å². The van der Waals surface area contributed by atoms with Crippen LogP contribution in [0.5, 0.6) is 11.5 Å². The van der Waals surface area contributed by atoms with Gasteiger partial charge in [-0.05, 0) is 53.1 Å². The van der Waals surface area contributed by atoms with E-state index in [0.717, 1.165) is 24.9 Å². The number of hydrogen-bond acceptors (Lipinski definition) is 4. The smallest absolute Gasteiger partial charge is 0.157 e. The summed E-state index contributed by atoms with van der Waals surface area (Å²) in [5.74, 6) is 0.290. The van der Waals surface area contributed by atoms with Gasteiger partial charge in [-0.3, -0.25) is 0 Å². The minimum Gasteiger partial charge on any atom is -0.504 e. The van der Waals surface area contributed by atoms with E-state index >= 15 is 0 Å². The van der Waals surface area contributed by atoms with Crippen molar-refractivity contribution >= 4 is 11.3 Å². The maximum Gasteiger partial charge on any atom is 0.157 e. The number of fused-ring (bicyclic) bond motifs is 5. The fourth-order valence-electron chi connectivity index (χ4n) is 3.44. The molecule has 2 aliphatic rings. The zero-order valence-corrected chi connectivity index (χ0v) is 11.2. The van der Waals surface area contributed by atoms with E-state index in [1.807, 2.05) is 0 Å². The van der Waals surface area contributed by atoms with E-state index in [0.29, 0.717) is 12.0 Å². The van der Waals surface area contributed by atoms with E-state index in [2.05, 4.69) is 16.8 Å². The van der Waals surface area contributed by atoms with Crippen LogP contribution in [0.3, 0.4) is 0 Å². The third kappa shape index (κ3) is 1.60. The number of phenolic OH excluding ortho intramolecular Hbond substituents is 2. The standard InChI is InChI=1S/C15H15NO2S/c17-12-5-8-1-2-11-15(10(8)6-13(12)18)9-3-4-19-14(9)7-16-11/h3-6,11,15-18H,1-2,7H2/t11-,15+/m1/s1. The number of phenols is 2. The summed E-state index contributed by atoms with van der Waals surface area (Å²) < 4.78 is 0. The second kappa shape index (κ2) is 3.99. The number of hydrogen-bond donors (Lipinski definition) is 3. The van der Waals surface area contributed by atoms with Crippen molar-refractivity contribution in [3.05, 3.63) is 45.1 Å². The molecule has 0 amide bonds. The molecule has 1 aromatic carbocycles. The molecule has 1 aliphatic heterocycles. The Balaban J connectivity index is 1.91. The van der Waals surface area contributed by atoms with Crippen LogP contribution < -0.4 is 5.32 Å². The molecule has 3 N–H and O–H groups in total. The molecule has 4 rings (SSSR count). The van der Waals surface area contributed by atoms with Gasteiger partial charge in [0.15, 0.2) is 11.5 Å². The Hall–Kier alpha value is -1.52. The molecule has 3 nitrogen and oxygen atoms in total. The van der Waals surface area contributed by atoms with Crippen LogP contribution in [0, 0.1) is 0 Å². The summed E-state index contributed by atoms with van der Waals surface area (Å²) in [7, 11) is 0. The predicted octanol–water partition coefficient (Wildman–Crippen LogP) is 2.71. The summed E-state index contributed by atoms with van der Waals surface area (Å²) in [6.45, 7) is 0.952. The van der Waals surface area contributed by atoms with Crippen molar-refractivity contribution in [3.63, 3.8) is 0 Å². The molecule has 0 spiro atoms. The number of benzene rings is 1. The lowest BCUT2D eigenvalue weighted by Gasteiger charge is -2.38. The fraction of sp³-hybridized carbons (Fsp3) is 0.333. The molecular weight excluding hydrogens is 258 g/mol. The maximum absolute atomic E-state index is 9.80. The summed E-state index contributed by atoms with van der Waals surface area (Å²) in [6.07, 6.45) is 2.04. The highest BCUT2D eigenvalue weighted by Crippen LogP contribution is 2.45. The van der Waals surface area contributed by atoms with Gasteiger partial charge in [-0.2, -0.15) is 0 Å². The lowest BCUT2D eigenvalue weighted by Crippen LogP contribution is -2.41. The van der Waals surface area contributed by atoms with Gasteiger partial charge in [0.25, 0.3) is 0 Å². The van der Waals surface area contributed by atoms with Gasteiger partial charge in [0.2, 0.25) is 0 Å². The van der Waals surface area contributed by atoms with Crippen LogP contribution in [0.2, 0.25) is 0 Å². The molecular formula is C15H15NO2S. The summed E-state index contributed by atoms with van der Waals surface area (Å²) in [5, 5.41) is 25.2. The van der Waals surface area contributed by atoms with E-state index in [1.54, 1.807) is 23.5 Å². The van der Waals surface area contributed by atoms with Crippen molar-refractivity contribution in [1.29, 1.82) is 0 Å². The second-order valence-corrected chi connectivity index (χ2v) is 6.34. The fourth-order valence-corrected chi connectivity index (χ4v) is 4.31. The number of rotatable bonds is 0. The molecule has 1 aromatic heterocycles. The van der Waals surface area contributed by atoms with Crippen molar-refractivity contribution in [2.45, 2.75) is 31.3 Å². The van der Waals surface area contributed by atoms with Gasteiger partial charge < -0.3 is 15.5 Å². The molecule has 0 fully saturated rings. The molecule has 0 radical (unpaired) electrons. The Morgan fingerprint density at radius 3 is 2.89 bits per heavy atom. The second-order valence-electron chi connectivity index (χ2n) is 5.34. The lowest BCUT2D eigenvalue weighted by atomic mass is 9.74. The lowest BCUT2D eigenvalue weighted by molar-refractivity contribution is 0.382. The van der Waals surface area contributed by atoms with Gasteiger partial charge in [0, 0.05) is 23.4 Å². The van der Waals surface area contributed by atoms with Gasteiger partial charge in [-0.1, -0.05) is 0 Å². The Bertz CT molecular complexity index is 650. The number of aromatic hydroxyl groups is 2. The first-order valence-electron chi connectivity index (χ1n) is 6.58. The molecule has 1 aliphatic carbocycles. The highest BCUT2D eigenvalue weighted by molar-refractivity contribution is 7.10. The van der Waals surface area contributed by atoms with E-state index in [-0.39, 0.29) is 11.5 Å². The summed E-state index contributed by atoms with van der Waals surface area (Å²) in [4.78, 5) is 1.39. The first-order chi connectivity index (χ1) is 9.24. The molecule has 4 heteroatoms. The van der Waals surface area contributed by atoms with Crippen molar-refractivity contribution in [3.8, 4) is 11.5 Å². The average Bonchev–Trinajstić information content (AvgIpc) is 2.88. The van der Waals surface area contributed by atoms with Gasteiger partial charge >= 0.3 is 0 Å². The molecule has 2 atom stereocenters. The topological polar surface area (TPSA) is 52.5 Å². The van der Waals surface area contributed by atoms with Crippen molar-refractivity contribution < 1.29 is 10.2 Å². The van der Waals surface area contributed by atoms with Gasteiger partial charge in [0.05, 0.1) is 0 Å². The van der Waals surface area contributed by atoms with Gasteiger partial charge in [-0.25, -0.2) is 0 Å². The molecule has 19 heavy (non-hydrogen) atoms. The van der Waals surface area contributed by atoms with Gasteiger partial charge in [0.1, 0.15) is 0 Å². The zero-order chi connectivity index (χ0) is 13.0. The molecule has 98 valence electrons. The SMILES string of the molecule is Oc1cc2c(cc1O)[C@@H]1c3ccsc3CN[C@@H]1CC2. The van der Waals surface area contributed by atoms with Crippen LogP contribution >= 0.6 is 11.3 Å². The highest BCUT2D eigenvalue weighted by atomic mass is 32.1. The third-order valence-electron chi connectivity index (χ3n) is 4.34. The largest absolute Gasteiger partial charge is 0.504 e. The summed E-state index contributed by atoms with van der Waals surface area (Å²) in [5.41, 5.74) is 3.72. The average molecular weight is 273 g/mol. The minimum absolute atomic E-state index is 0.00786. The van der Waals surface area contributed by atoms with Crippen LogP contribution in [-0.2, 0) is 13.0 Å².